The van der Waals surface area contributed by atoms with Gasteiger partial charge in [0, 0.05) is 24.3 Å². The van der Waals surface area contributed by atoms with E-state index in [-0.39, 0.29) is 5.78 Å². The Morgan fingerprint density at radius 2 is 2.06 bits per heavy atom. The summed E-state index contributed by atoms with van der Waals surface area (Å²) in [6.07, 6.45) is 1.17. The second-order valence-electron chi connectivity index (χ2n) is 5.21. The number of carbonyl (C=O) groups excluding carboxylic acids is 1. The van der Waals surface area contributed by atoms with Crippen LogP contribution in [0.5, 0.6) is 0 Å². The van der Waals surface area contributed by atoms with Gasteiger partial charge in [0.15, 0.2) is 5.78 Å². The average Bonchev–Trinajstić information content (AvgIpc) is 2.34. The van der Waals surface area contributed by atoms with Crippen LogP contribution in [0.2, 0.25) is 0 Å². The molecule has 1 aromatic rings. The number of hydrogen-bond donors (Lipinski definition) is 1. The van der Waals surface area contributed by atoms with Crippen molar-refractivity contribution in [1.29, 1.82) is 0 Å². The van der Waals surface area contributed by atoms with Crippen LogP contribution in [0.3, 0.4) is 0 Å². The number of Topliss-reactive ketones (excluding diaryl/α,β-unsaturated/α-hetero) is 1. The number of nitrogens with one attached hydrogen (secondary N) is 1. The van der Waals surface area contributed by atoms with Gasteiger partial charge in [-0.15, -0.1) is 0 Å². The molecule has 1 aliphatic rings. The van der Waals surface area contributed by atoms with E-state index in [4.69, 9.17) is 0 Å². The molecule has 1 aromatic carbocycles. The SMILES string of the molecule is CC(=O)c1ccc(N2CCCNCC(C)C2)cc1. The normalized spacial score (nSPS) is 21.2. The summed E-state index contributed by atoms with van der Waals surface area (Å²) in [7, 11) is 0. The van der Waals surface area contributed by atoms with Crippen LogP contribution in [0.4, 0.5) is 5.69 Å². The highest BCUT2D eigenvalue weighted by Gasteiger charge is 2.13. The average molecular weight is 246 g/mol. The van der Waals surface area contributed by atoms with Gasteiger partial charge in [-0.05, 0) is 56.6 Å². The van der Waals surface area contributed by atoms with Crippen molar-refractivity contribution >= 4 is 11.5 Å². The minimum Gasteiger partial charge on any atom is -0.371 e. The Kier molecular flexibility index (Phi) is 4.37. The van der Waals surface area contributed by atoms with Crippen molar-refractivity contribution in [2.24, 2.45) is 5.92 Å². The van der Waals surface area contributed by atoms with Gasteiger partial charge in [-0.1, -0.05) is 6.92 Å². The molecule has 1 heterocycles. The van der Waals surface area contributed by atoms with Gasteiger partial charge in [0.1, 0.15) is 0 Å². The first-order valence-electron chi connectivity index (χ1n) is 6.73. The van der Waals surface area contributed by atoms with E-state index in [0.29, 0.717) is 5.92 Å². The Bertz CT molecular complexity index is 399. The smallest absolute Gasteiger partial charge is 0.159 e. The van der Waals surface area contributed by atoms with Crippen LogP contribution in [-0.4, -0.2) is 32.0 Å². The van der Waals surface area contributed by atoms with Crippen LogP contribution in [0.1, 0.15) is 30.6 Å². The third-order valence-electron chi connectivity index (χ3n) is 3.45. The van der Waals surface area contributed by atoms with Gasteiger partial charge < -0.3 is 10.2 Å². The van der Waals surface area contributed by atoms with E-state index in [9.17, 15) is 4.79 Å². The van der Waals surface area contributed by atoms with Gasteiger partial charge in [0.05, 0.1) is 0 Å². The number of benzene rings is 1. The van der Waals surface area contributed by atoms with Crippen molar-refractivity contribution in [1.82, 2.24) is 5.32 Å². The third-order valence-corrected chi connectivity index (χ3v) is 3.45. The molecule has 3 nitrogen and oxygen atoms in total. The first kappa shape index (κ1) is 13.1. The van der Waals surface area contributed by atoms with Crippen LogP contribution in [0.15, 0.2) is 24.3 Å². The molecule has 0 spiro atoms. The largest absolute Gasteiger partial charge is 0.371 e. The van der Waals surface area contributed by atoms with Gasteiger partial charge >= 0.3 is 0 Å². The molecule has 0 aromatic heterocycles. The molecule has 0 amide bonds. The summed E-state index contributed by atoms with van der Waals surface area (Å²) in [5, 5.41) is 3.46. The molecule has 1 atom stereocenters. The molecule has 0 aliphatic carbocycles. The zero-order valence-electron chi connectivity index (χ0n) is 11.3. The lowest BCUT2D eigenvalue weighted by Crippen LogP contribution is -2.38. The standard InChI is InChI=1S/C15H22N2O/c1-12-10-16-8-3-9-17(11-12)15-6-4-14(5-7-15)13(2)18/h4-7,12,16H,3,8-11H2,1-2H3. The van der Waals surface area contributed by atoms with Crippen molar-refractivity contribution in [3.8, 4) is 0 Å². The molecular weight excluding hydrogens is 224 g/mol. The first-order chi connectivity index (χ1) is 8.66. The lowest BCUT2D eigenvalue weighted by Gasteiger charge is -2.30. The molecule has 2 rings (SSSR count). The van der Waals surface area contributed by atoms with E-state index in [0.717, 1.165) is 31.7 Å². The van der Waals surface area contributed by atoms with Crippen LogP contribution in [0.25, 0.3) is 0 Å². The summed E-state index contributed by atoms with van der Waals surface area (Å²) >= 11 is 0. The van der Waals surface area contributed by atoms with E-state index in [1.165, 1.54) is 12.1 Å². The van der Waals surface area contributed by atoms with Crippen molar-refractivity contribution in [3.05, 3.63) is 29.8 Å². The highest BCUT2D eigenvalue weighted by Crippen LogP contribution is 2.18. The summed E-state index contributed by atoms with van der Waals surface area (Å²) in [5.41, 5.74) is 2.02. The molecule has 1 N–H and O–H groups in total. The highest BCUT2D eigenvalue weighted by atomic mass is 16.1. The summed E-state index contributed by atoms with van der Waals surface area (Å²) in [4.78, 5) is 13.7. The molecular formula is C15H22N2O. The predicted octanol–water partition coefficient (Wildman–Crippen LogP) is 2.33. The zero-order chi connectivity index (χ0) is 13.0. The maximum Gasteiger partial charge on any atom is 0.159 e. The van der Waals surface area contributed by atoms with Gasteiger partial charge in [-0.3, -0.25) is 4.79 Å². The van der Waals surface area contributed by atoms with Crippen LogP contribution in [0, 0.1) is 5.92 Å². The number of nitrogens with zero attached hydrogens (tertiary/aromatic N) is 1. The monoisotopic (exact) mass is 246 g/mol. The van der Waals surface area contributed by atoms with E-state index < -0.39 is 0 Å². The second kappa shape index (κ2) is 6.01. The first-order valence-corrected chi connectivity index (χ1v) is 6.73. The number of anilines is 1. The number of hydrogen-bond acceptors (Lipinski definition) is 3. The second-order valence-corrected chi connectivity index (χ2v) is 5.21. The maximum absolute atomic E-state index is 11.3. The maximum atomic E-state index is 11.3. The fourth-order valence-corrected chi connectivity index (χ4v) is 2.42. The molecule has 3 heteroatoms. The Labute approximate surface area is 109 Å². The lowest BCUT2D eigenvalue weighted by molar-refractivity contribution is 0.101. The Morgan fingerprint density at radius 3 is 2.72 bits per heavy atom. The summed E-state index contributed by atoms with van der Waals surface area (Å²) < 4.78 is 0. The molecule has 18 heavy (non-hydrogen) atoms. The van der Waals surface area contributed by atoms with Gasteiger partial charge in [0.2, 0.25) is 0 Å². The quantitative estimate of drug-likeness (QED) is 0.813. The molecule has 1 saturated heterocycles. The summed E-state index contributed by atoms with van der Waals surface area (Å²) in [5.74, 6) is 0.782. The zero-order valence-corrected chi connectivity index (χ0v) is 11.3. The van der Waals surface area contributed by atoms with E-state index in [2.05, 4.69) is 29.3 Å². The summed E-state index contributed by atoms with van der Waals surface area (Å²) in [6, 6.07) is 8.00. The van der Waals surface area contributed by atoms with Crippen molar-refractivity contribution in [2.75, 3.05) is 31.1 Å². The molecule has 0 saturated carbocycles. The van der Waals surface area contributed by atoms with Crippen LogP contribution in [-0.2, 0) is 0 Å². The minimum atomic E-state index is 0.131. The van der Waals surface area contributed by atoms with Crippen molar-refractivity contribution in [2.45, 2.75) is 20.3 Å². The van der Waals surface area contributed by atoms with E-state index in [1.54, 1.807) is 6.92 Å². The molecule has 1 fully saturated rings. The van der Waals surface area contributed by atoms with Crippen LogP contribution < -0.4 is 10.2 Å². The molecule has 1 aliphatic heterocycles. The van der Waals surface area contributed by atoms with Crippen LogP contribution >= 0.6 is 0 Å². The Morgan fingerprint density at radius 1 is 1.33 bits per heavy atom. The van der Waals surface area contributed by atoms with Gasteiger partial charge in [-0.2, -0.15) is 0 Å². The van der Waals surface area contributed by atoms with Gasteiger partial charge in [-0.25, -0.2) is 0 Å². The Balaban J connectivity index is 2.10. The van der Waals surface area contributed by atoms with E-state index in [1.807, 2.05) is 12.1 Å². The topological polar surface area (TPSA) is 32.3 Å². The molecule has 0 bridgehead atoms. The lowest BCUT2D eigenvalue weighted by atomic mass is 10.1. The van der Waals surface area contributed by atoms with Gasteiger partial charge in [0.25, 0.3) is 0 Å². The molecule has 0 radical (unpaired) electrons. The summed E-state index contributed by atoms with van der Waals surface area (Å²) in [6.45, 7) is 8.21. The fraction of sp³-hybridized carbons (Fsp3) is 0.533. The van der Waals surface area contributed by atoms with Crippen molar-refractivity contribution in [3.63, 3.8) is 0 Å². The number of carbonyl (C=O) groups is 1. The molecule has 1 unspecified atom stereocenters. The van der Waals surface area contributed by atoms with Crippen molar-refractivity contribution < 1.29 is 4.79 Å². The predicted molar refractivity (Wildman–Crippen MR) is 75.3 cm³/mol. The molecule has 98 valence electrons. The highest BCUT2D eigenvalue weighted by molar-refractivity contribution is 5.94. The minimum absolute atomic E-state index is 0.131. The van der Waals surface area contributed by atoms with E-state index >= 15 is 0 Å². The fourth-order valence-electron chi connectivity index (χ4n) is 2.42. The third kappa shape index (κ3) is 3.33. The number of rotatable bonds is 2. The number of ketones is 1. The Hall–Kier alpha value is -1.35.